The second-order valence-corrected chi connectivity index (χ2v) is 11.4. The fourth-order valence-electron chi connectivity index (χ4n) is 1.16. The zero-order valence-electron chi connectivity index (χ0n) is 9.26. The van der Waals surface area contributed by atoms with Gasteiger partial charge >= 0.3 is 0 Å². The van der Waals surface area contributed by atoms with E-state index in [1.54, 1.807) is 0 Å². The predicted molar refractivity (Wildman–Crippen MR) is 62.3 cm³/mol. The first-order valence-electron chi connectivity index (χ1n) is 4.84. The summed E-state index contributed by atoms with van der Waals surface area (Å²) in [5.41, 5.74) is 10.9. The molecular formula is C8H23N2OSi2. The van der Waals surface area contributed by atoms with E-state index in [9.17, 15) is 0 Å². The maximum absolute atomic E-state index is 5.98. The fraction of sp³-hybridized carbons (Fsp3) is 1.00. The Kier molecular flexibility index (Phi) is 6.07. The average Bonchev–Trinajstić information content (AvgIpc) is 1.81. The van der Waals surface area contributed by atoms with E-state index in [4.69, 9.17) is 15.6 Å². The van der Waals surface area contributed by atoms with Gasteiger partial charge in [0.1, 0.15) is 0 Å². The minimum absolute atomic E-state index is 0.151. The molecule has 0 saturated carbocycles. The van der Waals surface area contributed by atoms with Crippen molar-refractivity contribution >= 4 is 17.4 Å². The van der Waals surface area contributed by atoms with Crippen molar-refractivity contribution in [2.45, 2.75) is 51.2 Å². The van der Waals surface area contributed by atoms with Gasteiger partial charge in [0, 0.05) is 0 Å². The average molecular weight is 219 g/mol. The van der Waals surface area contributed by atoms with E-state index >= 15 is 0 Å². The fourth-order valence-corrected chi connectivity index (χ4v) is 6.45. The molecule has 0 heterocycles. The number of hydrogen-bond acceptors (Lipinski definition) is 3. The lowest BCUT2D eigenvalue weighted by Gasteiger charge is -2.22. The van der Waals surface area contributed by atoms with E-state index in [0.717, 1.165) is 12.8 Å². The van der Waals surface area contributed by atoms with Gasteiger partial charge in [0.25, 0.3) is 0 Å². The molecule has 1 radical (unpaired) electrons. The van der Waals surface area contributed by atoms with Crippen LogP contribution in [0, 0.1) is 0 Å². The van der Waals surface area contributed by atoms with Crippen molar-refractivity contribution in [2.24, 2.45) is 11.5 Å². The van der Waals surface area contributed by atoms with Gasteiger partial charge in [0.2, 0.25) is 0 Å². The van der Waals surface area contributed by atoms with E-state index in [0.29, 0.717) is 0 Å². The smallest absolute Gasteiger partial charge is 0.194 e. The lowest BCUT2D eigenvalue weighted by Crippen LogP contribution is -2.34. The van der Waals surface area contributed by atoms with Crippen LogP contribution in [-0.2, 0) is 4.12 Å². The second-order valence-electron chi connectivity index (χ2n) is 4.47. The standard InChI is InChI=1S/C8H23N2OSi2/c1-12(11-13(2,3)4)7-5-6-8(9)10/h8H,5-7,9-10H2,1-4H3. The summed E-state index contributed by atoms with van der Waals surface area (Å²) in [6.07, 6.45) is 1.87. The second kappa shape index (κ2) is 5.92. The number of hydrogen-bond donors (Lipinski definition) is 2. The van der Waals surface area contributed by atoms with Crippen LogP contribution in [0.25, 0.3) is 0 Å². The molecule has 0 aliphatic rings. The zero-order chi connectivity index (χ0) is 10.5. The summed E-state index contributed by atoms with van der Waals surface area (Å²) in [6, 6.07) is 1.17. The highest BCUT2D eigenvalue weighted by atomic mass is 28.4. The third-order valence-corrected chi connectivity index (χ3v) is 6.45. The molecule has 0 amide bonds. The third kappa shape index (κ3) is 10.2. The molecule has 4 N–H and O–H groups in total. The van der Waals surface area contributed by atoms with Crippen LogP contribution in [0.5, 0.6) is 0 Å². The van der Waals surface area contributed by atoms with Gasteiger partial charge in [-0.25, -0.2) is 0 Å². The highest BCUT2D eigenvalue weighted by molar-refractivity contribution is 6.77. The summed E-state index contributed by atoms with van der Waals surface area (Å²) in [7, 11) is -1.91. The van der Waals surface area contributed by atoms with Crippen LogP contribution in [-0.4, -0.2) is 23.5 Å². The number of rotatable bonds is 6. The van der Waals surface area contributed by atoms with Gasteiger partial charge in [-0.05, 0) is 38.7 Å². The van der Waals surface area contributed by atoms with Crippen molar-refractivity contribution in [1.29, 1.82) is 0 Å². The molecular weight excluding hydrogens is 196 g/mol. The molecule has 0 fully saturated rings. The molecule has 0 atom stereocenters. The first-order chi connectivity index (χ1) is 5.81. The van der Waals surface area contributed by atoms with Crippen LogP contribution in [0.15, 0.2) is 0 Å². The Morgan fingerprint density at radius 1 is 1.31 bits per heavy atom. The van der Waals surface area contributed by atoms with E-state index < -0.39 is 17.4 Å². The van der Waals surface area contributed by atoms with Crippen molar-refractivity contribution < 1.29 is 4.12 Å². The first kappa shape index (κ1) is 13.3. The Hall–Kier alpha value is 0.314. The Bertz CT molecular complexity index is 137. The highest BCUT2D eigenvalue weighted by Gasteiger charge is 2.18. The van der Waals surface area contributed by atoms with Crippen molar-refractivity contribution in [2.75, 3.05) is 0 Å². The molecule has 0 rings (SSSR count). The Balaban J connectivity index is 3.46. The monoisotopic (exact) mass is 219 g/mol. The summed E-state index contributed by atoms with van der Waals surface area (Å²) < 4.78 is 5.98. The van der Waals surface area contributed by atoms with Crippen molar-refractivity contribution in [3.05, 3.63) is 0 Å². The van der Waals surface area contributed by atoms with Crippen molar-refractivity contribution in [1.82, 2.24) is 0 Å². The van der Waals surface area contributed by atoms with Crippen LogP contribution >= 0.6 is 0 Å². The quantitative estimate of drug-likeness (QED) is 0.525. The molecule has 0 saturated heterocycles. The highest BCUT2D eigenvalue weighted by Crippen LogP contribution is 2.10. The van der Waals surface area contributed by atoms with Crippen LogP contribution in [0.1, 0.15) is 12.8 Å². The van der Waals surface area contributed by atoms with Crippen molar-refractivity contribution in [3.63, 3.8) is 0 Å². The van der Waals surface area contributed by atoms with Crippen LogP contribution in [0.2, 0.25) is 32.2 Å². The molecule has 3 nitrogen and oxygen atoms in total. The summed E-state index contributed by atoms with van der Waals surface area (Å²) in [6.45, 7) is 8.92. The maximum atomic E-state index is 5.98. The lowest BCUT2D eigenvalue weighted by molar-refractivity contribution is 0.557. The van der Waals surface area contributed by atoms with Crippen molar-refractivity contribution in [3.8, 4) is 0 Å². The van der Waals surface area contributed by atoms with Crippen LogP contribution < -0.4 is 11.5 Å². The van der Waals surface area contributed by atoms with Crippen LogP contribution in [0.3, 0.4) is 0 Å². The van der Waals surface area contributed by atoms with Gasteiger partial charge in [-0.3, -0.25) is 0 Å². The summed E-state index contributed by atoms with van der Waals surface area (Å²) in [5.74, 6) is 0. The van der Waals surface area contributed by atoms with E-state index in [1.807, 2.05) is 0 Å². The molecule has 0 spiro atoms. The van der Waals surface area contributed by atoms with Crippen LogP contribution in [0.4, 0.5) is 0 Å². The van der Waals surface area contributed by atoms with Gasteiger partial charge in [0.05, 0.1) is 6.17 Å². The molecule has 13 heavy (non-hydrogen) atoms. The molecule has 0 aromatic carbocycles. The largest absolute Gasteiger partial charge is 0.456 e. The predicted octanol–water partition coefficient (Wildman–Crippen LogP) is 1.48. The molecule has 0 unspecified atom stereocenters. The van der Waals surface area contributed by atoms with Gasteiger partial charge in [0.15, 0.2) is 17.4 Å². The zero-order valence-corrected chi connectivity index (χ0v) is 11.3. The molecule has 0 aliphatic carbocycles. The molecule has 0 aromatic heterocycles. The third-order valence-electron chi connectivity index (χ3n) is 1.55. The summed E-state index contributed by atoms with van der Waals surface area (Å²) >= 11 is 0. The topological polar surface area (TPSA) is 61.3 Å². The Morgan fingerprint density at radius 2 is 1.85 bits per heavy atom. The molecule has 0 aliphatic heterocycles. The molecule has 0 bridgehead atoms. The molecule has 0 aromatic rings. The normalized spacial score (nSPS) is 12.9. The Morgan fingerprint density at radius 3 is 2.23 bits per heavy atom. The van der Waals surface area contributed by atoms with Gasteiger partial charge in [-0.15, -0.1) is 0 Å². The van der Waals surface area contributed by atoms with E-state index in [-0.39, 0.29) is 6.17 Å². The first-order valence-corrected chi connectivity index (χ1v) is 10.4. The lowest BCUT2D eigenvalue weighted by atomic mass is 10.3. The van der Waals surface area contributed by atoms with Gasteiger partial charge in [-0.1, -0.05) is 6.42 Å². The summed E-state index contributed by atoms with van der Waals surface area (Å²) in [4.78, 5) is 0. The molecule has 79 valence electrons. The van der Waals surface area contributed by atoms with Gasteiger partial charge < -0.3 is 15.6 Å². The minimum Gasteiger partial charge on any atom is -0.456 e. The minimum atomic E-state index is -1.31. The maximum Gasteiger partial charge on any atom is 0.194 e. The number of nitrogens with two attached hydrogens (primary N) is 2. The Labute approximate surface area is 84.7 Å². The summed E-state index contributed by atoms with van der Waals surface area (Å²) in [5, 5.41) is 0. The van der Waals surface area contributed by atoms with Gasteiger partial charge in [-0.2, -0.15) is 0 Å². The van der Waals surface area contributed by atoms with E-state index in [1.165, 1.54) is 6.04 Å². The molecule has 5 heteroatoms. The SMILES string of the molecule is C[Si](CCCC(N)N)O[Si](C)(C)C. The van der Waals surface area contributed by atoms with E-state index in [2.05, 4.69) is 26.2 Å².